The summed E-state index contributed by atoms with van der Waals surface area (Å²) in [6, 6.07) is 21.0. The summed E-state index contributed by atoms with van der Waals surface area (Å²) in [6.45, 7) is 3.41. The lowest BCUT2D eigenvalue weighted by molar-refractivity contribution is 0.487. The van der Waals surface area contributed by atoms with E-state index in [-0.39, 0.29) is 7.92 Å². The van der Waals surface area contributed by atoms with Gasteiger partial charge >= 0.3 is 0 Å². The maximum atomic E-state index is 2.60. The van der Waals surface area contributed by atoms with Crippen molar-refractivity contribution in [3.8, 4) is 11.3 Å². The predicted octanol–water partition coefficient (Wildman–Crippen LogP) is 8.49. The molecule has 3 aromatic rings. The van der Waals surface area contributed by atoms with Crippen molar-refractivity contribution in [3.63, 3.8) is 0 Å². The van der Waals surface area contributed by atoms with E-state index in [0.29, 0.717) is 0 Å². The van der Waals surface area contributed by atoms with E-state index >= 15 is 0 Å². The number of aromatic nitrogens is 1. The van der Waals surface area contributed by atoms with Crippen molar-refractivity contribution >= 4 is 24.1 Å². The normalized spacial score (nSPS) is 18.8. The molecule has 2 aliphatic carbocycles. The zero-order chi connectivity index (χ0) is 21.0. The molecule has 31 heavy (non-hydrogen) atoms. The van der Waals surface area contributed by atoms with Gasteiger partial charge in [-0.05, 0) is 60.9 Å². The maximum absolute atomic E-state index is 2.60. The number of fused-ring (bicyclic) bond motifs is 1. The summed E-state index contributed by atoms with van der Waals surface area (Å²) in [5.74, 6) is 0. The van der Waals surface area contributed by atoms with E-state index in [1.54, 1.807) is 5.30 Å². The molecular weight excluding hydrogens is 393 g/mol. The zero-order valence-electron chi connectivity index (χ0n) is 19.2. The highest BCUT2D eigenvalue weighted by molar-refractivity contribution is 7.67. The molecule has 0 atom stereocenters. The molecule has 0 unspecified atom stereocenters. The lowest BCUT2D eigenvalue weighted by atomic mass is 9.99. The fourth-order valence-electron chi connectivity index (χ4n) is 6.22. The largest absolute Gasteiger partial charge is 0.340 e. The second-order valence-corrected chi connectivity index (χ2v) is 12.5. The minimum Gasteiger partial charge on any atom is -0.340 e. The Bertz CT molecular complexity index is 973. The van der Waals surface area contributed by atoms with Crippen LogP contribution in [0.25, 0.3) is 22.2 Å². The highest BCUT2D eigenvalue weighted by Crippen LogP contribution is 2.56. The van der Waals surface area contributed by atoms with E-state index in [9.17, 15) is 0 Å². The van der Waals surface area contributed by atoms with Gasteiger partial charge in [-0.1, -0.05) is 95.8 Å². The zero-order valence-corrected chi connectivity index (χ0v) is 20.1. The van der Waals surface area contributed by atoms with Crippen molar-refractivity contribution in [1.82, 2.24) is 4.57 Å². The first-order valence-electron chi connectivity index (χ1n) is 12.8. The molecule has 0 amide bonds. The standard InChI is InChI=1S/C29H38NP/c1-2-21-30-27-19-11-9-13-23(27)22-28(30)26-18-10-12-20-29(26)31(24-14-5-3-6-15-24)25-16-7-4-8-17-25/h9-13,18-20,22,24-25H,2-8,14-17,21H2,1H3. The molecule has 164 valence electrons. The van der Waals surface area contributed by atoms with Crippen molar-refractivity contribution in [2.75, 3.05) is 0 Å². The van der Waals surface area contributed by atoms with Gasteiger partial charge in [0.25, 0.3) is 0 Å². The molecule has 0 saturated heterocycles. The maximum Gasteiger partial charge on any atom is 0.0497 e. The number of benzene rings is 2. The van der Waals surface area contributed by atoms with Crippen molar-refractivity contribution in [2.24, 2.45) is 0 Å². The second-order valence-electron chi connectivity index (χ2n) is 9.75. The SMILES string of the molecule is CCCn1c(-c2ccccc2P(C2CCCCC2)C2CCCCC2)cc2ccccc21. The van der Waals surface area contributed by atoms with Crippen molar-refractivity contribution < 1.29 is 0 Å². The van der Waals surface area contributed by atoms with Crippen LogP contribution in [0.1, 0.15) is 77.6 Å². The minimum atomic E-state index is -0.101. The first-order valence-corrected chi connectivity index (χ1v) is 14.3. The number of hydrogen-bond acceptors (Lipinski definition) is 0. The lowest BCUT2D eigenvalue weighted by Crippen LogP contribution is -2.27. The van der Waals surface area contributed by atoms with Gasteiger partial charge in [0, 0.05) is 28.7 Å². The monoisotopic (exact) mass is 431 g/mol. The number of nitrogens with zero attached hydrogens (tertiary/aromatic N) is 1. The fourth-order valence-corrected chi connectivity index (χ4v) is 10.2. The molecule has 1 aromatic heterocycles. The van der Waals surface area contributed by atoms with E-state index in [4.69, 9.17) is 0 Å². The van der Waals surface area contributed by atoms with Gasteiger partial charge in [-0.15, -0.1) is 0 Å². The van der Waals surface area contributed by atoms with E-state index < -0.39 is 0 Å². The van der Waals surface area contributed by atoms with Crippen LogP contribution in [-0.4, -0.2) is 15.9 Å². The average molecular weight is 432 g/mol. The van der Waals surface area contributed by atoms with Gasteiger partial charge < -0.3 is 4.57 Å². The highest BCUT2D eigenvalue weighted by atomic mass is 31.1. The quantitative estimate of drug-likeness (QED) is 0.345. The van der Waals surface area contributed by atoms with Crippen molar-refractivity contribution in [1.29, 1.82) is 0 Å². The molecule has 1 heterocycles. The summed E-state index contributed by atoms with van der Waals surface area (Å²) in [7, 11) is -0.101. The van der Waals surface area contributed by atoms with E-state index in [1.165, 1.54) is 92.8 Å². The molecule has 0 radical (unpaired) electrons. The molecule has 5 rings (SSSR count). The Balaban J connectivity index is 1.63. The molecular formula is C29H38NP. The fraction of sp³-hybridized carbons (Fsp3) is 0.517. The number of aryl methyl sites for hydroxylation is 1. The van der Waals surface area contributed by atoms with Crippen LogP contribution in [0.4, 0.5) is 0 Å². The van der Waals surface area contributed by atoms with Gasteiger partial charge in [0.05, 0.1) is 0 Å². The summed E-state index contributed by atoms with van der Waals surface area (Å²) in [5.41, 5.74) is 6.27. The van der Waals surface area contributed by atoms with Gasteiger partial charge in [0.2, 0.25) is 0 Å². The third kappa shape index (κ3) is 4.36. The van der Waals surface area contributed by atoms with Crippen LogP contribution in [0, 0.1) is 0 Å². The molecule has 0 bridgehead atoms. The van der Waals surface area contributed by atoms with E-state index in [2.05, 4.69) is 66.1 Å². The molecule has 1 nitrogen and oxygen atoms in total. The first-order chi connectivity index (χ1) is 15.4. The van der Waals surface area contributed by atoms with Gasteiger partial charge in [-0.2, -0.15) is 0 Å². The minimum absolute atomic E-state index is 0.101. The molecule has 2 aromatic carbocycles. The van der Waals surface area contributed by atoms with Crippen molar-refractivity contribution in [3.05, 3.63) is 54.6 Å². The summed E-state index contributed by atoms with van der Waals surface area (Å²) < 4.78 is 2.60. The Morgan fingerprint density at radius 2 is 1.39 bits per heavy atom. The number of hydrogen-bond donors (Lipinski definition) is 0. The molecule has 2 heteroatoms. The Morgan fingerprint density at radius 1 is 0.774 bits per heavy atom. The van der Waals surface area contributed by atoms with Crippen LogP contribution < -0.4 is 5.30 Å². The second kappa shape index (κ2) is 9.91. The molecule has 0 spiro atoms. The Labute approximate surface area is 190 Å². The third-order valence-corrected chi connectivity index (χ3v) is 11.2. The molecule has 2 aliphatic rings. The van der Waals surface area contributed by atoms with Gasteiger partial charge in [-0.3, -0.25) is 0 Å². The summed E-state index contributed by atoms with van der Waals surface area (Å²) >= 11 is 0. The molecule has 0 N–H and O–H groups in total. The molecule has 2 fully saturated rings. The average Bonchev–Trinajstić information content (AvgIpc) is 3.20. The van der Waals surface area contributed by atoms with Crippen LogP contribution in [0.3, 0.4) is 0 Å². The molecule has 0 aliphatic heterocycles. The first kappa shape index (κ1) is 21.3. The van der Waals surface area contributed by atoms with Gasteiger partial charge in [0.15, 0.2) is 0 Å². The number of rotatable bonds is 6. The third-order valence-electron chi connectivity index (χ3n) is 7.65. The number of para-hydroxylation sites is 1. The summed E-state index contributed by atoms with van der Waals surface area (Å²) in [6.07, 6.45) is 15.8. The summed E-state index contributed by atoms with van der Waals surface area (Å²) in [4.78, 5) is 0. The van der Waals surface area contributed by atoms with Crippen LogP contribution >= 0.6 is 7.92 Å². The van der Waals surface area contributed by atoms with Crippen LogP contribution in [0.15, 0.2) is 54.6 Å². The Hall–Kier alpha value is -1.59. The smallest absolute Gasteiger partial charge is 0.0497 e. The van der Waals surface area contributed by atoms with Crippen LogP contribution in [0.5, 0.6) is 0 Å². The van der Waals surface area contributed by atoms with Crippen molar-refractivity contribution in [2.45, 2.75) is 95.4 Å². The Morgan fingerprint density at radius 3 is 2.06 bits per heavy atom. The van der Waals surface area contributed by atoms with E-state index in [1.807, 2.05) is 0 Å². The van der Waals surface area contributed by atoms with Gasteiger partial charge in [0.1, 0.15) is 0 Å². The van der Waals surface area contributed by atoms with E-state index in [0.717, 1.165) is 17.9 Å². The predicted molar refractivity (Wildman–Crippen MR) is 138 cm³/mol. The summed E-state index contributed by atoms with van der Waals surface area (Å²) in [5, 5.41) is 3.11. The van der Waals surface area contributed by atoms with Gasteiger partial charge in [-0.25, -0.2) is 0 Å². The van der Waals surface area contributed by atoms with Crippen LogP contribution in [-0.2, 0) is 6.54 Å². The Kier molecular flexibility index (Phi) is 6.80. The topological polar surface area (TPSA) is 4.93 Å². The van der Waals surface area contributed by atoms with Crippen LogP contribution in [0.2, 0.25) is 0 Å². The highest BCUT2D eigenvalue weighted by Gasteiger charge is 2.34. The lowest BCUT2D eigenvalue weighted by Gasteiger charge is -2.39. The molecule has 2 saturated carbocycles.